The van der Waals surface area contributed by atoms with E-state index in [0.29, 0.717) is 5.92 Å². The topological polar surface area (TPSA) is 3.24 Å². The molecule has 0 spiro atoms. The molecule has 1 heteroatoms. The van der Waals surface area contributed by atoms with Gasteiger partial charge in [-0.2, -0.15) is 0 Å². The number of para-hydroxylation sites is 2. The molecular formula is C24H27N. The summed E-state index contributed by atoms with van der Waals surface area (Å²) in [5, 5.41) is 0. The van der Waals surface area contributed by atoms with Gasteiger partial charge in [0.05, 0.1) is 0 Å². The Bertz CT molecular complexity index is 727. The Morgan fingerprint density at radius 2 is 1.44 bits per heavy atom. The molecule has 0 heterocycles. The summed E-state index contributed by atoms with van der Waals surface area (Å²) in [7, 11) is 0. The van der Waals surface area contributed by atoms with E-state index in [2.05, 4.69) is 92.1 Å². The summed E-state index contributed by atoms with van der Waals surface area (Å²) >= 11 is 0. The highest BCUT2D eigenvalue weighted by atomic mass is 15.2. The first-order valence-electron chi connectivity index (χ1n) is 9.17. The minimum absolute atomic E-state index is 0.526. The van der Waals surface area contributed by atoms with Gasteiger partial charge in [-0.25, -0.2) is 0 Å². The highest BCUT2D eigenvalue weighted by molar-refractivity contribution is 5.72. The molecule has 2 aromatic carbocycles. The zero-order valence-electron chi connectivity index (χ0n) is 15.3. The quantitative estimate of drug-likeness (QED) is 0.569. The molecule has 0 atom stereocenters. The van der Waals surface area contributed by atoms with Crippen molar-refractivity contribution < 1.29 is 0 Å². The van der Waals surface area contributed by atoms with E-state index >= 15 is 0 Å². The molecule has 0 N–H and O–H groups in total. The summed E-state index contributed by atoms with van der Waals surface area (Å²) in [5.74, 6) is 0.526. The lowest BCUT2D eigenvalue weighted by molar-refractivity contribution is 0.641. The number of hydrogen-bond acceptors (Lipinski definition) is 1. The van der Waals surface area contributed by atoms with Gasteiger partial charge in [0.2, 0.25) is 0 Å². The van der Waals surface area contributed by atoms with Crippen LogP contribution in [0, 0.1) is 5.92 Å². The van der Waals surface area contributed by atoms with E-state index in [4.69, 9.17) is 0 Å². The maximum atomic E-state index is 3.95. The molecule has 0 saturated heterocycles. The van der Waals surface area contributed by atoms with E-state index in [9.17, 15) is 0 Å². The Labute approximate surface area is 152 Å². The lowest BCUT2D eigenvalue weighted by atomic mass is 9.84. The van der Waals surface area contributed by atoms with Gasteiger partial charge in [-0.1, -0.05) is 69.0 Å². The summed E-state index contributed by atoms with van der Waals surface area (Å²) in [5.41, 5.74) is 6.70. The average Bonchev–Trinajstić information content (AvgIpc) is 2.65. The van der Waals surface area contributed by atoms with Gasteiger partial charge in [0, 0.05) is 17.1 Å². The van der Waals surface area contributed by atoms with E-state index in [0.717, 1.165) is 12.8 Å². The van der Waals surface area contributed by atoms with E-state index in [-0.39, 0.29) is 0 Å². The lowest BCUT2D eigenvalue weighted by Crippen LogP contribution is -2.24. The van der Waals surface area contributed by atoms with Crippen molar-refractivity contribution in [3.63, 3.8) is 0 Å². The molecule has 0 amide bonds. The van der Waals surface area contributed by atoms with Crippen molar-refractivity contribution in [1.29, 1.82) is 0 Å². The molecular weight excluding hydrogens is 302 g/mol. The van der Waals surface area contributed by atoms with Gasteiger partial charge in [0.1, 0.15) is 0 Å². The highest BCUT2D eigenvalue weighted by Gasteiger charge is 2.26. The van der Waals surface area contributed by atoms with Crippen LogP contribution in [-0.2, 0) is 0 Å². The summed E-state index contributed by atoms with van der Waals surface area (Å²) in [4.78, 5) is 2.42. The van der Waals surface area contributed by atoms with Crippen LogP contribution in [0.4, 0.5) is 11.4 Å². The molecule has 2 aromatic rings. The Hall–Kier alpha value is -2.54. The first kappa shape index (κ1) is 17.3. The van der Waals surface area contributed by atoms with Crippen molar-refractivity contribution in [2.24, 2.45) is 5.92 Å². The second-order valence-electron chi connectivity index (χ2n) is 6.82. The van der Waals surface area contributed by atoms with Crippen LogP contribution in [-0.4, -0.2) is 0 Å². The number of allylic oxidation sites excluding steroid dienone is 4. The molecule has 128 valence electrons. The minimum Gasteiger partial charge on any atom is -0.310 e. The van der Waals surface area contributed by atoms with Gasteiger partial charge in [-0.3, -0.25) is 0 Å². The first-order chi connectivity index (χ1) is 12.2. The Morgan fingerprint density at radius 3 is 1.92 bits per heavy atom. The van der Waals surface area contributed by atoms with E-state index < -0.39 is 0 Å². The van der Waals surface area contributed by atoms with Crippen LogP contribution in [0.1, 0.15) is 33.1 Å². The Balaban J connectivity index is 2.25. The predicted molar refractivity (Wildman–Crippen MR) is 109 cm³/mol. The fourth-order valence-electron chi connectivity index (χ4n) is 3.63. The second kappa shape index (κ2) is 8.02. The molecule has 1 aliphatic carbocycles. The summed E-state index contributed by atoms with van der Waals surface area (Å²) < 4.78 is 0. The average molecular weight is 329 g/mol. The van der Waals surface area contributed by atoms with Crippen molar-refractivity contribution in [2.75, 3.05) is 4.90 Å². The number of hydrogen-bond donors (Lipinski definition) is 0. The van der Waals surface area contributed by atoms with Crippen molar-refractivity contribution >= 4 is 11.4 Å². The fraction of sp³-hybridized carbons (Fsp3) is 0.250. The van der Waals surface area contributed by atoms with E-state index in [1.165, 1.54) is 34.6 Å². The molecule has 25 heavy (non-hydrogen) atoms. The summed E-state index contributed by atoms with van der Waals surface area (Å²) in [6, 6.07) is 21.4. The fourth-order valence-corrected chi connectivity index (χ4v) is 3.63. The van der Waals surface area contributed by atoms with Gasteiger partial charge >= 0.3 is 0 Å². The van der Waals surface area contributed by atoms with Gasteiger partial charge in [0.25, 0.3) is 0 Å². The molecule has 3 rings (SSSR count). The maximum absolute atomic E-state index is 3.95. The van der Waals surface area contributed by atoms with Gasteiger partial charge < -0.3 is 4.90 Å². The normalized spacial score (nSPS) is 16.4. The number of anilines is 2. The van der Waals surface area contributed by atoms with Crippen molar-refractivity contribution in [3.8, 4) is 0 Å². The molecule has 1 nitrogen and oxygen atoms in total. The molecule has 0 aromatic heterocycles. The van der Waals surface area contributed by atoms with Gasteiger partial charge in [0.15, 0.2) is 0 Å². The zero-order valence-corrected chi connectivity index (χ0v) is 15.3. The monoisotopic (exact) mass is 329 g/mol. The standard InChI is InChI=1S/C24H27N/c1-4-12-20-13-11-18-23(19(2)3)24(20)25(21-14-7-5-8-15-21)22-16-9-6-10-17-22/h4-10,12,14-17,19H,1,11,13,18H2,2-3H3/b20-12+. The van der Waals surface area contributed by atoms with Crippen LogP contribution in [0.15, 0.2) is 96.2 Å². The zero-order chi connectivity index (χ0) is 17.6. The van der Waals surface area contributed by atoms with Crippen LogP contribution < -0.4 is 4.90 Å². The minimum atomic E-state index is 0.526. The van der Waals surface area contributed by atoms with Crippen LogP contribution in [0.5, 0.6) is 0 Å². The molecule has 0 radical (unpaired) electrons. The van der Waals surface area contributed by atoms with E-state index in [1.54, 1.807) is 0 Å². The predicted octanol–water partition coefficient (Wildman–Crippen LogP) is 7.03. The highest BCUT2D eigenvalue weighted by Crippen LogP contribution is 2.41. The summed E-state index contributed by atoms with van der Waals surface area (Å²) in [6.45, 7) is 8.56. The van der Waals surface area contributed by atoms with Gasteiger partial charge in [-0.05, 0) is 60.6 Å². The number of rotatable bonds is 5. The third-order valence-corrected chi connectivity index (χ3v) is 4.77. The largest absolute Gasteiger partial charge is 0.310 e. The Kier molecular flexibility index (Phi) is 5.55. The molecule has 0 unspecified atom stereocenters. The molecule has 0 fully saturated rings. The number of nitrogens with zero attached hydrogens (tertiary/aromatic N) is 1. The second-order valence-corrected chi connectivity index (χ2v) is 6.82. The molecule has 0 saturated carbocycles. The van der Waals surface area contributed by atoms with Crippen molar-refractivity contribution in [1.82, 2.24) is 0 Å². The van der Waals surface area contributed by atoms with Crippen LogP contribution in [0.2, 0.25) is 0 Å². The van der Waals surface area contributed by atoms with Crippen LogP contribution >= 0.6 is 0 Å². The SMILES string of the molecule is C=C/C=C1\CCCC(C(C)C)=C1N(c1ccccc1)c1ccccc1. The number of benzene rings is 2. The molecule has 0 aliphatic heterocycles. The van der Waals surface area contributed by atoms with Crippen molar-refractivity contribution in [2.45, 2.75) is 33.1 Å². The first-order valence-corrected chi connectivity index (χ1v) is 9.17. The van der Waals surface area contributed by atoms with E-state index in [1.807, 2.05) is 6.08 Å². The Morgan fingerprint density at radius 1 is 0.880 bits per heavy atom. The van der Waals surface area contributed by atoms with Gasteiger partial charge in [-0.15, -0.1) is 0 Å². The third-order valence-electron chi connectivity index (χ3n) is 4.77. The third kappa shape index (κ3) is 3.76. The summed E-state index contributed by atoms with van der Waals surface area (Å²) in [6.07, 6.45) is 7.60. The molecule has 1 aliphatic rings. The van der Waals surface area contributed by atoms with Crippen LogP contribution in [0.3, 0.4) is 0 Å². The molecule has 0 bridgehead atoms. The lowest BCUT2D eigenvalue weighted by Gasteiger charge is -2.35. The smallest absolute Gasteiger partial charge is 0.0488 e. The van der Waals surface area contributed by atoms with Crippen LogP contribution in [0.25, 0.3) is 0 Å². The van der Waals surface area contributed by atoms with Crippen molar-refractivity contribution in [3.05, 3.63) is 96.2 Å². The maximum Gasteiger partial charge on any atom is 0.0488 e.